The molecular weight excluding hydrogens is 649 g/mol. The largest absolute Gasteiger partial charge is 0.473 e. The highest BCUT2D eigenvalue weighted by Crippen LogP contribution is 2.38. The summed E-state index contributed by atoms with van der Waals surface area (Å²) in [6.07, 6.45) is 8.04. The van der Waals surface area contributed by atoms with E-state index in [1.165, 1.54) is 0 Å². The number of fused-ring (bicyclic) bond motifs is 4. The quantitative estimate of drug-likeness (QED) is 0.187. The highest BCUT2D eigenvalue weighted by Gasteiger charge is 2.37. The Kier molecular flexibility index (Phi) is 10.3. The van der Waals surface area contributed by atoms with Crippen molar-refractivity contribution >= 4 is 31.4 Å². The number of likely N-dealkylation sites (N-methyl/N-ethyl adjacent to an activating group) is 1. The Balaban J connectivity index is 1.50. The smallest absolute Gasteiger partial charge is 0.240 e. The van der Waals surface area contributed by atoms with Gasteiger partial charge in [0.1, 0.15) is 6.07 Å². The van der Waals surface area contributed by atoms with Crippen molar-refractivity contribution in [3.05, 3.63) is 41.3 Å². The first-order valence-corrected chi connectivity index (χ1v) is 20.7. The van der Waals surface area contributed by atoms with E-state index in [-0.39, 0.29) is 17.4 Å². The molecule has 50 heavy (non-hydrogen) atoms. The molecule has 12 nitrogen and oxygen atoms in total. The van der Waals surface area contributed by atoms with Crippen LogP contribution in [-0.2, 0) is 29.3 Å². The Morgan fingerprint density at radius 2 is 1.92 bits per heavy atom. The average Bonchev–Trinajstić information content (AvgIpc) is 3.71. The van der Waals surface area contributed by atoms with Crippen LogP contribution in [0.2, 0.25) is 18.1 Å². The molecule has 1 fully saturated rings. The van der Waals surface area contributed by atoms with Crippen molar-refractivity contribution in [2.45, 2.75) is 104 Å². The van der Waals surface area contributed by atoms with Gasteiger partial charge in [-0.15, -0.1) is 5.10 Å². The SMILES string of the molecule is CC(C)Oc1nn(CCO[Si](C)(C)C(C)(C)C)c2c1/C=C\c1nn(C3CCCCO3)c3ccc(cc13)-c1cnn(C)c1O[C@@H](C#N)CN(C)C2. The van der Waals surface area contributed by atoms with Crippen LogP contribution in [0.25, 0.3) is 34.2 Å². The van der Waals surface area contributed by atoms with Gasteiger partial charge >= 0.3 is 0 Å². The molecule has 0 N–H and O–H groups in total. The lowest BCUT2D eigenvalue weighted by atomic mass is 10.0. The lowest BCUT2D eigenvalue weighted by molar-refractivity contribution is -0.0367. The van der Waals surface area contributed by atoms with Crippen LogP contribution >= 0.6 is 0 Å². The molecule has 3 aromatic heterocycles. The van der Waals surface area contributed by atoms with Gasteiger partial charge in [-0.2, -0.15) is 15.5 Å². The Bertz CT molecular complexity index is 1890. The minimum Gasteiger partial charge on any atom is -0.473 e. The molecule has 1 saturated heterocycles. The Labute approximate surface area is 296 Å². The number of benzene rings is 1. The van der Waals surface area contributed by atoms with Crippen LogP contribution in [0, 0.1) is 11.3 Å². The summed E-state index contributed by atoms with van der Waals surface area (Å²) in [7, 11) is 1.86. The lowest BCUT2D eigenvalue weighted by Gasteiger charge is -2.36. The first-order chi connectivity index (χ1) is 23.8. The van der Waals surface area contributed by atoms with Crippen molar-refractivity contribution < 1.29 is 18.6 Å². The molecule has 1 unspecified atom stereocenters. The van der Waals surface area contributed by atoms with Crippen molar-refractivity contribution in [1.29, 1.82) is 5.26 Å². The summed E-state index contributed by atoms with van der Waals surface area (Å²) in [5, 5.41) is 26.0. The van der Waals surface area contributed by atoms with Crippen LogP contribution in [0.1, 0.15) is 77.1 Å². The molecule has 0 amide bonds. The van der Waals surface area contributed by atoms with Crippen molar-refractivity contribution in [3.8, 4) is 29.0 Å². The summed E-state index contributed by atoms with van der Waals surface area (Å²) in [6, 6.07) is 8.66. The van der Waals surface area contributed by atoms with E-state index in [0.29, 0.717) is 38.0 Å². The highest BCUT2D eigenvalue weighted by atomic mass is 28.4. The zero-order chi connectivity index (χ0) is 35.8. The summed E-state index contributed by atoms with van der Waals surface area (Å²) in [5.41, 5.74) is 5.39. The Morgan fingerprint density at radius 1 is 1.12 bits per heavy atom. The molecule has 0 saturated carbocycles. The van der Waals surface area contributed by atoms with Gasteiger partial charge in [-0.25, -0.2) is 9.36 Å². The number of aromatic nitrogens is 6. The van der Waals surface area contributed by atoms with Gasteiger partial charge in [0.05, 0.1) is 53.5 Å². The molecule has 2 atom stereocenters. The predicted octanol–water partition coefficient (Wildman–Crippen LogP) is 7.03. The summed E-state index contributed by atoms with van der Waals surface area (Å²) in [6.45, 7) is 18.0. The van der Waals surface area contributed by atoms with Gasteiger partial charge in [0.2, 0.25) is 11.8 Å². The van der Waals surface area contributed by atoms with E-state index >= 15 is 0 Å². The fourth-order valence-electron chi connectivity index (χ4n) is 6.28. The molecule has 13 heteroatoms. The Hall–Kier alpha value is -3.96. The number of ether oxygens (including phenoxy) is 3. The van der Waals surface area contributed by atoms with Crippen LogP contribution in [-0.4, -0.2) is 81.6 Å². The predicted molar refractivity (Wildman–Crippen MR) is 197 cm³/mol. The molecule has 2 aliphatic heterocycles. The average molecular weight is 701 g/mol. The minimum atomic E-state index is -1.97. The fraction of sp³-hybridized carbons (Fsp3) is 0.568. The van der Waals surface area contributed by atoms with Crippen LogP contribution < -0.4 is 9.47 Å². The molecule has 2 bridgehead atoms. The van der Waals surface area contributed by atoms with E-state index in [1.807, 2.05) is 37.3 Å². The van der Waals surface area contributed by atoms with E-state index in [4.69, 9.17) is 28.8 Å². The molecule has 0 radical (unpaired) electrons. The fourth-order valence-corrected chi connectivity index (χ4v) is 7.31. The maximum absolute atomic E-state index is 10.3. The molecule has 5 heterocycles. The first kappa shape index (κ1) is 35.8. The Morgan fingerprint density at radius 3 is 2.62 bits per heavy atom. The summed E-state index contributed by atoms with van der Waals surface area (Å²) < 4.78 is 31.3. The second-order valence-corrected chi connectivity index (χ2v) is 20.1. The molecule has 0 spiro atoms. The molecule has 2 aliphatic rings. The molecule has 4 aromatic rings. The van der Waals surface area contributed by atoms with Crippen LogP contribution in [0.15, 0.2) is 24.4 Å². The van der Waals surface area contributed by atoms with Crippen molar-refractivity contribution in [2.75, 3.05) is 26.8 Å². The molecule has 6 rings (SSSR count). The van der Waals surface area contributed by atoms with Gasteiger partial charge in [0.15, 0.2) is 20.6 Å². The number of aryl methyl sites for hydroxylation is 1. The minimum absolute atomic E-state index is 0.0804. The number of hydrogen-bond donors (Lipinski definition) is 0. The number of rotatable bonds is 7. The number of nitriles is 1. The summed E-state index contributed by atoms with van der Waals surface area (Å²) in [5.74, 6) is 1.10. The standard InChI is InChI=1S/C37H52N8O4Si/c1-25(2)48-35-28-14-15-31-29-20-26(13-16-32(29)45(40-31)34-12-10-11-18-46-34)30-22-39-43(7)36(30)49-27(21-38)23-42(6)24-33(28)44(41-35)17-19-47-50(8,9)37(3,4)5/h13-16,20,22,25,27,34H,10-12,17-19,23-24H2,1-9H3/b15-14-/t27-,34?/m0/s1. The monoisotopic (exact) mass is 700 g/mol. The van der Waals surface area contributed by atoms with Crippen molar-refractivity contribution in [3.63, 3.8) is 0 Å². The third kappa shape index (κ3) is 7.39. The summed E-state index contributed by atoms with van der Waals surface area (Å²) >= 11 is 0. The lowest BCUT2D eigenvalue weighted by Crippen LogP contribution is -2.41. The maximum atomic E-state index is 10.3. The zero-order valence-electron chi connectivity index (χ0n) is 31.1. The van der Waals surface area contributed by atoms with E-state index in [2.05, 4.69) is 80.3 Å². The van der Waals surface area contributed by atoms with Gasteiger partial charge in [-0.1, -0.05) is 26.8 Å². The molecular formula is C37H52N8O4Si. The number of nitrogens with zero attached hydrogens (tertiary/aromatic N) is 8. The molecule has 1 aromatic carbocycles. The van der Waals surface area contributed by atoms with Crippen molar-refractivity contribution in [2.24, 2.45) is 7.05 Å². The summed E-state index contributed by atoms with van der Waals surface area (Å²) in [4.78, 5) is 2.09. The molecule has 268 valence electrons. The van der Waals surface area contributed by atoms with Gasteiger partial charge < -0.3 is 18.6 Å². The van der Waals surface area contributed by atoms with Gasteiger partial charge in [-0.05, 0) is 88.1 Å². The topological polar surface area (TPSA) is 117 Å². The van der Waals surface area contributed by atoms with E-state index in [9.17, 15) is 5.26 Å². The highest BCUT2D eigenvalue weighted by molar-refractivity contribution is 6.74. The normalized spacial score (nSPS) is 19.8. The molecule has 0 aliphatic carbocycles. The van der Waals surface area contributed by atoms with E-state index in [0.717, 1.165) is 64.9 Å². The van der Waals surface area contributed by atoms with Crippen LogP contribution in [0.3, 0.4) is 0 Å². The number of hydrogen-bond acceptors (Lipinski definition) is 9. The maximum Gasteiger partial charge on any atom is 0.240 e. The zero-order valence-corrected chi connectivity index (χ0v) is 32.1. The van der Waals surface area contributed by atoms with Crippen LogP contribution in [0.4, 0.5) is 0 Å². The third-order valence-electron chi connectivity index (χ3n) is 10.0. The van der Waals surface area contributed by atoms with E-state index in [1.54, 1.807) is 10.9 Å². The van der Waals surface area contributed by atoms with E-state index < -0.39 is 14.4 Å². The van der Waals surface area contributed by atoms with Gasteiger partial charge in [0.25, 0.3) is 0 Å². The first-order valence-electron chi connectivity index (χ1n) is 17.7. The third-order valence-corrected chi connectivity index (χ3v) is 14.6. The van der Waals surface area contributed by atoms with Gasteiger partial charge in [-0.3, -0.25) is 9.58 Å². The van der Waals surface area contributed by atoms with Crippen LogP contribution in [0.5, 0.6) is 11.8 Å². The van der Waals surface area contributed by atoms with Gasteiger partial charge in [0, 0.05) is 32.1 Å². The van der Waals surface area contributed by atoms with Crippen molar-refractivity contribution in [1.82, 2.24) is 34.2 Å². The second-order valence-electron chi connectivity index (χ2n) is 15.3. The second kappa shape index (κ2) is 14.3.